The molecular formula is C11H9NO3S. The molecule has 0 aliphatic rings. The van der Waals surface area contributed by atoms with Gasteiger partial charge in [-0.3, -0.25) is 14.9 Å². The molecule has 0 aromatic heterocycles. The maximum atomic E-state index is 10.6. The van der Waals surface area contributed by atoms with Crippen LogP contribution in [0.3, 0.4) is 0 Å². The van der Waals surface area contributed by atoms with Gasteiger partial charge in [0.25, 0.3) is 5.69 Å². The molecule has 0 heterocycles. The Balaban J connectivity index is 2.70. The minimum atomic E-state index is -0.463. The Labute approximate surface area is 97.2 Å². The maximum Gasteiger partial charge on any atom is 0.270 e. The van der Waals surface area contributed by atoms with Crippen LogP contribution in [0.5, 0.6) is 0 Å². The standard InChI is InChI=1S/C11H9NO3S/c1-9(13)16-7-3-5-10-4-2-6-11(8-10)12(14)15/h2,4,6,8H,7H2,1H3. The Morgan fingerprint density at radius 1 is 1.56 bits per heavy atom. The third-order valence-electron chi connectivity index (χ3n) is 1.64. The van der Waals surface area contributed by atoms with Gasteiger partial charge in [-0.2, -0.15) is 0 Å². The smallest absolute Gasteiger partial charge is 0.270 e. The summed E-state index contributed by atoms with van der Waals surface area (Å²) in [6, 6.07) is 6.10. The molecule has 0 spiro atoms. The van der Waals surface area contributed by atoms with Crippen LogP contribution < -0.4 is 0 Å². The first kappa shape index (κ1) is 12.3. The summed E-state index contributed by atoms with van der Waals surface area (Å²) >= 11 is 1.11. The maximum absolute atomic E-state index is 10.6. The van der Waals surface area contributed by atoms with Crippen molar-refractivity contribution < 1.29 is 9.72 Å². The third kappa shape index (κ3) is 4.15. The fraction of sp³-hybridized carbons (Fsp3) is 0.182. The number of hydrogen-bond acceptors (Lipinski definition) is 4. The fourth-order valence-electron chi connectivity index (χ4n) is 0.973. The molecule has 0 atom stereocenters. The summed E-state index contributed by atoms with van der Waals surface area (Å²) in [6.07, 6.45) is 0. The summed E-state index contributed by atoms with van der Waals surface area (Å²) in [5, 5.41) is 10.5. The van der Waals surface area contributed by atoms with E-state index in [2.05, 4.69) is 11.8 Å². The van der Waals surface area contributed by atoms with Crippen molar-refractivity contribution in [3.05, 3.63) is 39.9 Å². The van der Waals surface area contributed by atoms with Gasteiger partial charge in [-0.1, -0.05) is 29.7 Å². The average Bonchev–Trinajstić information content (AvgIpc) is 2.24. The predicted octanol–water partition coefficient (Wildman–Crippen LogP) is 2.23. The molecule has 0 aliphatic carbocycles. The molecule has 0 saturated heterocycles. The topological polar surface area (TPSA) is 60.2 Å². The van der Waals surface area contributed by atoms with Gasteiger partial charge in [-0.15, -0.1) is 0 Å². The number of rotatable bonds is 2. The van der Waals surface area contributed by atoms with Crippen molar-refractivity contribution in [1.82, 2.24) is 0 Å². The summed E-state index contributed by atoms with van der Waals surface area (Å²) in [7, 11) is 0. The third-order valence-corrected chi connectivity index (χ3v) is 2.33. The van der Waals surface area contributed by atoms with Gasteiger partial charge >= 0.3 is 0 Å². The normalized spacial score (nSPS) is 9.06. The summed E-state index contributed by atoms with van der Waals surface area (Å²) in [6.45, 7) is 1.47. The zero-order chi connectivity index (χ0) is 12.0. The van der Waals surface area contributed by atoms with Crippen LogP contribution in [0.4, 0.5) is 5.69 Å². The Bertz CT molecular complexity index is 474. The van der Waals surface area contributed by atoms with Gasteiger partial charge in [0, 0.05) is 24.6 Å². The minimum absolute atomic E-state index is 0.00772. The number of nitro groups is 1. The molecule has 0 unspecified atom stereocenters. The number of carbonyl (C=O) groups excluding carboxylic acids is 1. The summed E-state index contributed by atoms with van der Waals surface area (Å²) in [4.78, 5) is 20.6. The van der Waals surface area contributed by atoms with Crippen LogP contribution in [0.15, 0.2) is 24.3 Å². The molecule has 0 radical (unpaired) electrons. The lowest BCUT2D eigenvalue weighted by atomic mass is 10.2. The molecule has 0 amide bonds. The van der Waals surface area contributed by atoms with Gasteiger partial charge in [0.05, 0.1) is 10.7 Å². The molecule has 1 aromatic carbocycles. The number of benzene rings is 1. The van der Waals surface area contributed by atoms with Crippen LogP contribution in [0.25, 0.3) is 0 Å². The number of nitrogens with zero attached hydrogens (tertiary/aromatic N) is 1. The largest absolute Gasteiger partial charge is 0.288 e. The van der Waals surface area contributed by atoms with Crippen molar-refractivity contribution in [2.45, 2.75) is 6.92 Å². The van der Waals surface area contributed by atoms with Gasteiger partial charge in [-0.05, 0) is 6.07 Å². The Morgan fingerprint density at radius 2 is 2.31 bits per heavy atom. The van der Waals surface area contributed by atoms with Crippen molar-refractivity contribution in [2.75, 3.05) is 5.75 Å². The fourth-order valence-corrected chi connectivity index (χ4v) is 1.32. The van der Waals surface area contributed by atoms with E-state index in [4.69, 9.17) is 0 Å². The van der Waals surface area contributed by atoms with E-state index in [1.165, 1.54) is 19.1 Å². The SMILES string of the molecule is CC(=O)SCC#Cc1cccc([N+](=O)[O-])c1. The number of nitro benzene ring substituents is 1. The van der Waals surface area contributed by atoms with E-state index in [-0.39, 0.29) is 10.8 Å². The van der Waals surface area contributed by atoms with E-state index in [9.17, 15) is 14.9 Å². The molecule has 4 nitrogen and oxygen atoms in total. The quantitative estimate of drug-likeness (QED) is 0.448. The monoisotopic (exact) mass is 235 g/mol. The van der Waals surface area contributed by atoms with Crippen LogP contribution in [0.2, 0.25) is 0 Å². The van der Waals surface area contributed by atoms with Crippen molar-refractivity contribution >= 4 is 22.6 Å². The van der Waals surface area contributed by atoms with Crippen LogP contribution in [0.1, 0.15) is 12.5 Å². The molecule has 0 fully saturated rings. The number of thioether (sulfide) groups is 1. The molecule has 0 aliphatic heterocycles. The summed E-state index contributed by atoms with van der Waals surface area (Å²) < 4.78 is 0. The molecule has 1 aromatic rings. The van der Waals surface area contributed by atoms with Crippen molar-refractivity contribution in [1.29, 1.82) is 0 Å². The van der Waals surface area contributed by atoms with E-state index in [1.807, 2.05) is 0 Å². The van der Waals surface area contributed by atoms with Crippen LogP contribution >= 0.6 is 11.8 Å². The highest BCUT2D eigenvalue weighted by atomic mass is 32.2. The van der Waals surface area contributed by atoms with Gasteiger partial charge in [-0.25, -0.2) is 0 Å². The number of hydrogen-bond donors (Lipinski definition) is 0. The molecule has 1 rings (SSSR count). The van der Waals surface area contributed by atoms with Gasteiger partial charge in [0.1, 0.15) is 0 Å². The molecule has 16 heavy (non-hydrogen) atoms. The number of carbonyl (C=O) groups is 1. The second-order valence-corrected chi connectivity index (χ2v) is 4.04. The van der Waals surface area contributed by atoms with E-state index in [0.717, 1.165) is 11.8 Å². The van der Waals surface area contributed by atoms with E-state index in [0.29, 0.717) is 11.3 Å². The Hall–Kier alpha value is -1.80. The van der Waals surface area contributed by atoms with Crippen molar-refractivity contribution in [2.24, 2.45) is 0 Å². The van der Waals surface area contributed by atoms with Gasteiger partial charge < -0.3 is 0 Å². The zero-order valence-corrected chi connectivity index (χ0v) is 9.41. The lowest BCUT2D eigenvalue weighted by Gasteiger charge is -1.91. The lowest BCUT2D eigenvalue weighted by Crippen LogP contribution is -1.88. The first-order valence-electron chi connectivity index (χ1n) is 4.46. The second-order valence-electron chi connectivity index (χ2n) is 2.89. The molecule has 0 saturated carbocycles. The average molecular weight is 235 g/mol. The first-order chi connectivity index (χ1) is 7.59. The van der Waals surface area contributed by atoms with Crippen LogP contribution in [-0.2, 0) is 4.79 Å². The van der Waals surface area contributed by atoms with E-state index in [1.54, 1.807) is 12.1 Å². The minimum Gasteiger partial charge on any atom is -0.288 e. The Kier molecular flexibility index (Phi) is 4.55. The van der Waals surface area contributed by atoms with Gasteiger partial charge in [0.15, 0.2) is 5.12 Å². The van der Waals surface area contributed by atoms with Crippen molar-refractivity contribution in [3.63, 3.8) is 0 Å². The molecule has 5 heteroatoms. The molecule has 0 N–H and O–H groups in total. The first-order valence-corrected chi connectivity index (χ1v) is 5.45. The highest BCUT2D eigenvalue weighted by molar-refractivity contribution is 8.13. The van der Waals surface area contributed by atoms with Crippen molar-refractivity contribution in [3.8, 4) is 11.8 Å². The van der Waals surface area contributed by atoms with Crippen LogP contribution in [-0.4, -0.2) is 15.8 Å². The van der Waals surface area contributed by atoms with E-state index < -0.39 is 4.92 Å². The lowest BCUT2D eigenvalue weighted by molar-refractivity contribution is -0.384. The highest BCUT2D eigenvalue weighted by Gasteiger charge is 2.03. The highest BCUT2D eigenvalue weighted by Crippen LogP contribution is 2.12. The van der Waals surface area contributed by atoms with Gasteiger partial charge in [0.2, 0.25) is 0 Å². The molecule has 0 bridgehead atoms. The summed E-state index contributed by atoms with van der Waals surface area (Å²) in [5.74, 6) is 5.94. The Morgan fingerprint density at radius 3 is 2.94 bits per heavy atom. The molecule has 82 valence electrons. The second kappa shape index (κ2) is 5.93. The van der Waals surface area contributed by atoms with E-state index >= 15 is 0 Å². The molecular weight excluding hydrogens is 226 g/mol. The summed E-state index contributed by atoms with van der Waals surface area (Å²) in [5.41, 5.74) is 0.601. The van der Waals surface area contributed by atoms with Crippen LogP contribution in [0, 0.1) is 22.0 Å². The predicted molar refractivity (Wildman–Crippen MR) is 63.1 cm³/mol. The zero-order valence-electron chi connectivity index (χ0n) is 8.60. The number of non-ortho nitro benzene ring substituents is 1.